The van der Waals surface area contributed by atoms with Crippen molar-refractivity contribution in [3.05, 3.63) is 47.5 Å². The molecule has 0 aliphatic heterocycles. The highest BCUT2D eigenvalue weighted by Gasteiger charge is 2.18. The van der Waals surface area contributed by atoms with Crippen molar-refractivity contribution < 1.29 is 0 Å². The van der Waals surface area contributed by atoms with Gasteiger partial charge in [0.15, 0.2) is 0 Å². The van der Waals surface area contributed by atoms with Gasteiger partial charge in [0.2, 0.25) is 0 Å². The molecule has 3 aromatic rings. The number of rotatable bonds is 2. The monoisotopic (exact) mass is 324 g/mol. The minimum atomic E-state index is 0.139. The van der Waals surface area contributed by atoms with Crippen LogP contribution in [0.1, 0.15) is 26.3 Å². The van der Waals surface area contributed by atoms with Gasteiger partial charge in [0.05, 0.1) is 27.4 Å². The molecule has 0 atom stereocenters. The maximum absolute atomic E-state index is 8.98. The molecule has 0 aliphatic rings. The standard InChI is InChI=1S/C18H16N2S2/c1-18(2,3)22-15-9-8-14-17(21-11-20-14)16(15)13-6-4-12(10-19)5-7-13/h4-9,11H,1-3H3. The van der Waals surface area contributed by atoms with Crippen molar-refractivity contribution in [2.45, 2.75) is 30.4 Å². The van der Waals surface area contributed by atoms with E-state index in [1.54, 1.807) is 11.3 Å². The highest BCUT2D eigenvalue weighted by atomic mass is 32.2. The Balaban J connectivity index is 2.21. The van der Waals surface area contributed by atoms with Crippen molar-refractivity contribution in [3.8, 4) is 17.2 Å². The van der Waals surface area contributed by atoms with E-state index in [1.807, 2.05) is 41.5 Å². The van der Waals surface area contributed by atoms with Gasteiger partial charge in [0, 0.05) is 15.2 Å². The number of nitriles is 1. The second-order valence-electron chi connectivity index (χ2n) is 6.04. The summed E-state index contributed by atoms with van der Waals surface area (Å²) in [7, 11) is 0. The molecule has 0 radical (unpaired) electrons. The lowest BCUT2D eigenvalue weighted by atomic mass is 10.0. The first kappa shape index (κ1) is 15.1. The van der Waals surface area contributed by atoms with E-state index in [-0.39, 0.29) is 4.75 Å². The normalized spacial score (nSPS) is 11.5. The molecule has 0 amide bonds. The molecule has 0 fully saturated rings. The van der Waals surface area contributed by atoms with Gasteiger partial charge in [-0.15, -0.1) is 23.1 Å². The molecule has 4 heteroatoms. The quantitative estimate of drug-likeness (QED) is 0.565. The average molecular weight is 324 g/mol. The topological polar surface area (TPSA) is 36.7 Å². The molecule has 110 valence electrons. The van der Waals surface area contributed by atoms with E-state index in [0.717, 1.165) is 11.1 Å². The average Bonchev–Trinajstić information content (AvgIpc) is 2.94. The van der Waals surface area contributed by atoms with Crippen LogP contribution >= 0.6 is 23.1 Å². The molecule has 0 unspecified atom stereocenters. The molecule has 1 heterocycles. The highest BCUT2D eigenvalue weighted by molar-refractivity contribution is 8.00. The molecular weight excluding hydrogens is 308 g/mol. The molecule has 22 heavy (non-hydrogen) atoms. The summed E-state index contributed by atoms with van der Waals surface area (Å²) in [6.45, 7) is 6.66. The molecular formula is C18H16N2S2. The van der Waals surface area contributed by atoms with Crippen molar-refractivity contribution >= 4 is 33.3 Å². The third-order valence-corrected chi connectivity index (χ3v) is 5.21. The van der Waals surface area contributed by atoms with E-state index < -0.39 is 0 Å². The number of thiazole rings is 1. The van der Waals surface area contributed by atoms with Gasteiger partial charge in [-0.25, -0.2) is 4.98 Å². The van der Waals surface area contributed by atoms with Crippen molar-refractivity contribution in [2.24, 2.45) is 0 Å². The van der Waals surface area contributed by atoms with Gasteiger partial charge in [-0.05, 0) is 29.8 Å². The molecule has 0 aliphatic carbocycles. The number of thioether (sulfide) groups is 1. The van der Waals surface area contributed by atoms with Crippen LogP contribution < -0.4 is 0 Å². The van der Waals surface area contributed by atoms with Gasteiger partial charge in [-0.2, -0.15) is 5.26 Å². The molecule has 0 bridgehead atoms. The second kappa shape index (κ2) is 5.75. The third-order valence-electron chi connectivity index (χ3n) is 3.18. The summed E-state index contributed by atoms with van der Waals surface area (Å²) in [5.74, 6) is 0. The van der Waals surface area contributed by atoms with Crippen molar-refractivity contribution in [1.82, 2.24) is 4.98 Å². The van der Waals surface area contributed by atoms with Gasteiger partial charge in [0.25, 0.3) is 0 Å². The number of benzene rings is 2. The van der Waals surface area contributed by atoms with Crippen LogP contribution in [0, 0.1) is 11.3 Å². The van der Waals surface area contributed by atoms with E-state index in [9.17, 15) is 0 Å². The van der Waals surface area contributed by atoms with Gasteiger partial charge in [0.1, 0.15) is 0 Å². The minimum absolute atomic E-state index is 0.139. The Kier molecular flexibility index (Phi) is 3.94. The zero-order valence-corrected chi connectivity index (χ0v) is 14.4. The van der Waals surface area contributed by atoms with Crippen LogP contribution in [0.2, 0.25) is 0 Å². The molecule has 2 aromatic carbocycles. The van der Waals surface area contributed by atoms with E-state index >= 15 is 0 Å². The Labute approximate surface area is 138 Å². The largest absolute Gasteiger partial charge is 0.245 e. The fourth-order valence-electron chi connectivity index (χ4n) is 2.31. The van der Waals surface area contributed by atoms with Crippen LogP contribution in [0.4, 0.5) is 0 Å². The van der Waals surface area contributed by atoms with Gasteiger partial charge < -0.3 is 0 Å². The van der Waals surface area contributed by atoms with Crippen molar-refractivity contribution in [3.63, 3.8) is 0 Å². The molecule has 3 rings (SSSR count). The molecule has 0 saturated carbocycles. The van der Waals surface area contributed by atoms with Crippen LogP contribution in [0.3, 0.4) is 0 Å². The van der Waals surface area contributed by atoms with Gasteiger partial charge in [-0.1, -0.05) is 32.9 Å². The van der Waals surface area contributed by atoms with Crippen molar-refractivity contribution in [2.75, 3.05) is 0 Å². The maximum Gasteiger partial charge on any atom is 0.0991 e. The lowest BCUT2D eigenvalue weighted by Crippen LogP contribution is -2.07. The number of hydrogen-bond acceptors (Lipinski definition) is 4. The smallest absolute Gasteiger partial charge is 0.0991 e. The predicted molar refractivity (Wildman–Crippen MR) is 95.4 cm³/mol. The fraction of sp³-hybridized carbons (Fsp3) is 0.222. The van der Waals surface area contributed by atoms with E-state index in [4.69, 9.17) is 5.26 Å². The van der Waals surface area contributed by atoms with Crippen LogP contribution in [-0.4, -0.2) is 9.73 Å². The van der Waals surface area contributed by atoms with Crippen LogP contribution in [-0.2, 0) is 0 Å². The van der Waals surface area contributed by atoms with E-state index in [2.05, 4.69) is 44.0 Å². The Hall–Kier alpha value is -1.83. The first-order chi connectivity index (χ1) is 10.5. The molecule has 0 N–H and O–H groups in total. The van der Waals surface area contributed by atoms with Gasteiger partial charge in [-0.3, -0.25) is 0 Å². The Morgan fingerprint density at radius 3 is 2.45 bits per heavy atom. The number of hydrogen-bond donors (Lipinski definition) is 0. The zero-order valence-electron chi connectivity index (χ0n) is 12.8. The first-order valence-corrected chi connectivity index (χ1v) is 8.73. The van der Waals surface area contributed by atoms with E-state index in [0.29, 0.717) is 5.56 Å². The lowest BCUT2D eigenvalue weighted by molar-refractivity contribution is 0.803. The summed E-state index contributed by atoms with van der Waals surface area (Å²) in [6.07, 6.45) is 0. The van der Waals surface area contributed by atoms with E-state index in [1.165, 1.54) is 15.2 Å². The first-order valence-electron chi connectivity index (χ1n) is 7.04. The highest BCUT2D eigenvalue weighted by Crippen LogP contribution is 2.43. The molecule has 0 saturated heterocycles. The lowest BCUT2D eigenvalue weighted by Gasteiger charge is -2.20. The van der Waals surface area contributed by atoms with Crippen molar-refractivity contribution in [1.29, 1.82) is 5.26 Å². The van der Waals surface area contributed by atoms with Crippen LogP contribution in [0.25, 0.3) is 21.3 Å². The number of fused-ring (bicyclic) bond motifs is 1. The summed E-state index contributed by atoms with van der Waals surface area (Å²) < 4.78 is 1.35. The summed E-state index contributed by atoms with van der Waals surface area (Å²) >= 11 is 3.53. The summed E-state index contributed by atoms with van der Waals surface area (Å²) in [5.41, 5.74) is 5.97. The third kappa shape index (κ3) is 3.01. The maximum atomic E-state index is 8.98. The number of nitrogens with zero attached hydrogens (tertiary/aromatic N) is 2. The molecule has 1 aromatic heterocycles. The predicted octanol–water partition coefficient (Wildman–Crippen LogP) is 5.73. The summed E-state index contributed by atoms with van der Waals surface area (Å²) in [4.78, 5) is 5.69. The molecule has 0 spiro atoms. The number of aromatic nitrogens is 1. The Morgan fingerprint density at radius 1 is 1.09 bits per heavy atom. The Bertz CT molecular complexity index is 849. The summed E-state index contributed by atoms with van der Waals surface area (Å²) in [5, 5.41) is 8.98. The fourth-order valence-corrected chi connectivity index (χ4v) is 4.35. The minimum Gasteiger partial charge on any atom is -0.245 e. The zero-order chi connectivity index (χ0) is 15.7. The Morgan fingerprint density at radius 2 is 1.82 bits per heavy atom. The summed E-state index contributed by atoms with van der Waals surface area (Å²) in [6, 6.07) is 14.2. The van der Waals surface area contributed by atoms with Crippen LogP contribution in [0.5, 0.6) is 0 Å². The second-order valence-corrected chi connectivity index (χ2v) is 8.77. The van der Waals surface area contributed by atoms with Gasteiger partial charge >= 0.3 is 0 Å². The van der Waals surface area contributed by atoms with Crippen LogP contribution in [0.15, 0.2) is 46.8 Å². The molecule has 2 nitrogen and oxygen atoms in total. The SMILES string of the molecule is CC(C)(C)Sc1ccc2ncsc2c1-c1ccc(C#N)cc1.